The van der Waals surface area contributed by atoms with E-state index >= 15 is 0 Å². The van der Waals surface area contributed by atoms with E-state index in [-0.39, 0.29) is 6.61 Å². The van der Waals surface area contributed by atoms with Crippen molar-refractivity contribution in [1.29, 1.82) is 0 Å². The summed E-state index contributed by atoms with van der Waals surface area (Å²) in [5.74, 6) is 0.885. The largest absolute Gasteiger partial charge is 0.395 e. The van der Waals surface area contributed by atoms with Crippen LogP contribution in [-0.4, -0.2) is 29.3 Å². The predicted octanol–water partition coefficient (Wildman–Crippen LogP) is 3.24. The monoisotopic (exact) mass is 318 g/mol. The molecular formula is C12H16BrClN2O. The number of nitrogens with zero attached hydrogens (tertiary/aromatic N) is 2. The normalized spacial score (nSPS) is 16.4. The molecule has 1 aromatic heterocycles. The summed E-state index contributed by atoms with van der Waals surface area (Å²) >= 11 is 9.39. The minimum Gasteiger partial charge on any atom is -0.395 e. The van der Waals surface area contributed by atoms with Gasteiger partial charge in [-0.25, -0.2) is 4.98 Å². The van der Waals surface area contributed by atoms with Crippen LogP contribution in [0.5, 0.6) is 0 Å². The van der Waals surface area contributed by atoms with Gasteiger partial charge in [0, 0.05) is 18.8 Å². The van der Waals surface area contributed by atoms with Crippen molar-refractivity contribution in [3.05, 3.63) is 21.8 Å². The van der Waals surface area contributed by atoms with Crippen molar-refractivity contribution in [2.75, 3.05) is 18.1 Å². The van der Waals surface area contributed by atoms with Gasteiger partial charge in [0.05, 0.1) is 16.1 Å². The first-order valence-corrected chi connectivity index (χ1v) is 7.08. The number of aliphatic hydroxyl groups is 1. The average Bonchev–Trinajstić information content (AvgIpc) is 2.80. The van der Waals surface area contributed by atoms with Gasteiger partial charge in [0.25, 0.3) is 0 Å². The average molecular weight is 320 g/mol. The zero-order valence-corrected chi connectivity index (χ0v) is 11.9. The van der Waals surface area contributed by atoms with E-state index < -0.39 is 0 Å². The molecule has 0 aliphatic heterocycles. The van der Waals surface area contributed by atoms with Gasteiger partial charge in [0.15, 0.2) is 0 Å². The maximum atomic E-state index is 9.19. The molecule has 1 N–H and O–H groups in total. The molecule has 5 heteroatoms. The van der Waals surface area contributed by atoms with E-state index in [0.717, 1.165) is 10.3 Å². The molecule has 0 spiro atoms. The molecule has 17 heavy (non-hydrogen) atoms. The van der Waals surface area contributed by atoms with Gasteiger partial charge in [-0.15, -0.1) is 0 Å². The highest BCUT2D eigenvalue weighted by molar-refractivity contribution is 9.10. The second kappa shape index (κ2) is 6.03. The predicted molar refractivity (Wildman–Crippen MR) is 73.6 cm³/mol. The number of aliphatic hydroxyl groups excluding tert-OH is 1. The Bertz CT molecular complexity index is 383. The minimum atomic E-state index is 0.146. The lowest BCUT2D eigenvalue weighted by Gasteiger charge is -2.30. The maximum Gasteiger partial charge on any atom is 0.143 e. The molecule has 0 amide bonds. The summed E-state index contributed by atoms with van der Waals surface area (Å²) in [5.41, 5.74) is 0. The molecule has 0 aromatic carbocycles. The maximum absolute atomic E-state index is 9.19. The van der Waals surface area contributed by atoms with Crippen LogP contribution in [0, 0.1) is 0 Å². The Hall–Kier alpha value is -0.320. The summed E-state index contributed by atoms with van der Waals surface area (Å²) in [5, 5.41) is 9.81. The van der Waals surface area contributed by atoms with Crippen molar-refractivity contribution >= 4 is 33.3 Å². The first-order valence-electron chi connectivity index (χ1n) is 5.91. The fourth-order valence-electron chi connectivity index (χ4n) is 2.40. The Morgan fingerprint density at radius 3 is 2.76 bits per heavy atom. The SMILES string of the molecule is OCCN(c1ncc(Cl)cc1Br)C1CCCC1. The lowest BCUT2D eigenvalue weighted by atomic mass is 10.2. The van der Waals surface area contributed by atoms with E-state index in [1.165, 1.54) is 25.7 Å². The summed E-state index contributed by atoms with van der Waals surface area (Å²) in [6.45, 7) is 0.769. The van der Waals surface area contributed by atoms with Crippen molar-refractivity contribution in [3.8, 4) is 0 Å². The third-order valence-electron chi connectivity index (χ3n) is 3.17. The zero-order valence-electron chi connectivity index (χ0n) is 9.57. The molecule has 1 aromatic rings. The van der Waals surface area contributed by atoms with Crippen LogP contribution >= 0.6 is 27.5 Å². The highest BCUT2D eigenvalue weighted by Gasteiger charge is 2.24. The van der Waals surface area contributed by atoms with E-state index in [1.54, 1.807) is 6.20 Å². The Balaban J connectivity index is 2.24. The number of halogens is 2. The van der Waals surface area contributed by atoms with Gasteiger partial charge < -0.3 is 10.0 Å². The van der Waals surface area contributed by atoms with Gasteiger partial charge in [0.1, 0.15) is 5.82 Å². The van der Waals surface area contributed by atoms with Crippen molar-refractivity contribution in [3.63, 3.8) is 0 Å². The van der Waals surface area contributed by atoms with Gasteiger partial charge >= 0.3 is 0 Å². The molecule has 1 fully saturated rings. The van der Waals surface area contributed by atoms with Gasteiger partial charge in [-0.3, -0.25) is 0 Å². The van der Waals surface area contributed by atoms with Crippen LogP contribution in [0.15, 0.2) is 16.7 Å². The second-order valence-electron chi connectivity index (χ2n) is 4.31. The number of aromatic nitrogens is 1. The van der Waals surface area contributed by atoms with E-state index in [4.69, 9.17) is 11.6 Å². The molecule has 0 saturated heterocycles. The van der Waals surface area contributed by atoms with Gasteiger partial charge in [-0.2, -0.15) is 0 Å². The molecule has 94 valence electrons. The van der Waals surface area contributed by atoms with Crippen LogP contribution in [0.1, 0.15) is 25.7 Å². The number of anilines is 1. The topological polar surface area (TPSA) is 36.4 Å². The lowest BCUT2D eigenvalue weighted by molar-refractivity contribution is 0.296. The van der Waals surface area contributed by atoms with Gasteiger partial charge in [-0.1, -0.05) is 24.4 Å². The van der Waals surface area contributed by atoms with Crippen LogP contribution in [0.3, 0.4) is 0 Å². The van der Waals surface area contributed by atoms with Crippen molar-refractivity contribution < 1.29 is 5.11 Å². The lowest BCUT2D eigenvalue weighted by Crippen LogP contribution is -2.36. The molecule has 0 bridgehead atoms. The molecule has 0 radical (unpaired) electrons. The number of hydrogen-bond acceptors (Lipinski definition) is 3. The Morgan fingerprint density at radius 1 is 1.47 bits per heavy atom. The summed E-state index contributed by atoms with van der Waals surface area (Å²) < 4.78 is 0.894. The quantitative estimate of drug-likeness (QED) is 0.925. The molecule has 1 saturated carbocycles. The summed E-state index contributed by atoms with van der Waals surface area (Å²) in [7, 11) is 0. The van der Waals surface area contributed by atoms with Crippen molar-refractivity contribution in [2.24, 2.45) is 0 Å². The third-order valence-corrected chi connectivity index (χ3v) is 3.96. The first-order chi connectivity index (χ1) is 8.22. The Labute approximate surface area is 115 Å². The minimum absolute atomic E-state index is 0.146. The van der Waals surface area contributed by atoms with Crippen molar-refractivity contribution in [2.45, 2.75) is 31.7 Å². The number of rotatable bonds is 4. The van der Waals surface area contributed by atoms with E-state index in [1.807, 2.05) is 6.07 Å². The summed E-state index contributed by atoms with van der Waals surface area (Å²) in [6.07, 6.45) is 6.53. The molecular weight excluding hydrogens is 304 g/mol. The van der Waals surface area contributed by atoms with Crippen LogP contribution < -0.4 is 4.90 Å². The third kappa shape index (κ3) is 3.12. The van der Waals surface area contributed by atoms with Crippen LogP contribution in [-0.2, 0) is 0 Å². The Morgan fingerprint density at radius 2 is 2.18 bits per heavy atom. The summed E-state index contributed by atoms with van der Waals surface area (Å²) in [6, 6.07) is 2.34. The fraction of sp³-hybridized carbons (Fsp3) is 0.583. The summed E-state index contributed by atoms with van der Waals surface area (Å²) in [4.78, 5) is 6.57. The zero-order chi connectivity index (χ0) is 12.3. The van der Waals surface area contributed by atoms with Gasteiger partial charge in [0.2, 0.25) is 0 Å². The molecule has 2 rings (SSSR count). The molecule has 1 aliphatic rings. The highest BCUT2D eigenvalue weighted by atomic mass is 79.9. The van der Waals surface area contributed by atoms with Crippen LogP contribution in [0.4, 0.5) is 5.82 Å². The standard InChI is InChI=1S/C12H16BrClN2O/c13-11-7-9(14)8-15-12(11)16(5-6-17)10-3-1-2-4-10/h7-8,10,17H,1-6H2. The second-order valence-corrected chi connectivity index (χ2v) is 5.61. The van der Waals surface area contributed by atoms with E-state index in [9.17, 15) is 5.11 Å². The molecule has 0 unspecified atom stereocenters. The van der Waals surface area contributed by atoms with Gasteiger partial charge in [-0.05, 0) is 34.8 Å². The van der Waals surface area contributed by atoms with Crippen LogP contribution in [0.25, 0.3) is 0 Å². The molecule has 3 nitrogen and oxygen atoms in total. The smallest absolute Gasteiger partial charge is 0.143 e. The van der Waals surface area contributed by atoms with Crippen molar-refractivity contribution in [1.82, 2.24) is 4.98 Å². The van der Waals surface area contributed by atoms with E-state index in [0.29, 0.717) is 17.6 Å². The fourth-order valence-corrected chi connectivity index (χ4v) is 3.27. The first kappa shape index (κ1) is 13.1. The van der Waals surface area contributed by atoms with Crippen LogP contribution in [0.2, 0.25) is 5.02 Å². The molecule has 1 aliphatic carbocycles. The molecule has 1 heterocycles. The highest BCUT2D eigenvalue weighted by Crippen LogP contribution is 2.32. The Kier molecular flexibility index (Phi) is 4.65. The number of pyridine rings is 1. The number of hydrogen-bond donors (Lipinski definition) is 1. The molecule has 0 atom stereocenters. The van der Waals surface area contributed by atoms with E-state index in [2.05, 4.69) is 25.8 Å².